The summed E-state index contributed by atoms with van der Waals surface area (Å²) in [4.78, 5) is 26.6. The molecule has 8 heteroatoms. The monoisotopic (exact) mass is 412 g/mol. The van der Waals surface area contributed by atoms with E-state index in [9.17, 15) is 18.0 Å². The van der Waals surface area contributed by atoms with Crippen molar-refractivity contribution in [3.63, 3.8) is 0 Å². The van der Waals surface area contributed by atoms with Crippen LogP contribution in [0.15, 0.2) is 29.2 Å². The summed E-state index contributed by atoms with van der Waals surface area (Å²) in [6.07, 6.45) is -0.271. The maximum absolute atomic E-state index is 12.6. The van der Waals surface area contributed by atoms with Gasteiger partial charge in [-0.1, -0.05) is 6.92 Å². The number of benzene rings is 1. The second-order valence-corrected chi connectivity index (χ2v) is 9.15. The van der Waals surface area contributed by atoms with Gasteiger partial charge in [0.15, 0.2) is 6.10 Å². The summed E-state index contributed by atoms with van der Waals surface area (Å²) in [5.41, 5.74) is 0.183. The summed E-state index contributed by atoms with van der Waals surface area (Å²) in [6.45, 7) is 12.8. The number of ether oxygens (including phenoxy) is 1. The van der Waals surface area contributed by atoms with Crippen LogP contribution in [-0.2, 0) is 19.6 Å². The minimum Gasteiger partial charge on any atom is -0.449 e. The number of amides is 1. The van der Waals surface area contributed by atoms with Crippen LogP contribution in [0.2, 0.25) is 0 Å². The predicted octanol–water partition coefficient (Wildman–Crippen LogP) is 2.95. The van der Waals surface area contributed by atoms with Gasteiger partial charge < -0.3 is 9.64 Å². The number of rotatable bonds is 9. The zero-order valence-electron chi connectivity index (χ0n) is 17.7. The fraction of sp³-hybridized carbons (Fsp3) is 0.600. The highest BCUT2D eigenvalue weighted by Crippen LogP contribution is 2.15. The van der Waals surface area contributed by atoms with Gasteiger partial charge in [-0.2, -0.15) is 0 Å². The van der Waals surface area contributed by atoms with Gasteiger partial charge in [-0.15, -0.1) is 0 Å². The van der Waals surface area contributed by atoms with Crippen molar-refractivity contribution in [1.29, 1.82) is 0 Å². The van der Waals surface area contributed by atoms with E-state index in [-0.39, 0.29) is 34.5 Å². The molecule has 1 N–H and O–H groups in total. The van der Waals surface area contributed by atoms with Gasteiger partial charge in [-0.05, 0) is 72.2 Å². The molecule has 0 aromatic heterocycles. The summed E-state index contributed by atoms with van der Waals surface area (Å²) in [6, 6.07) is 5.24. The quantitative estimate of drug-likeness (QED) is 0.630. The van der Waals surface area contributed by atoms with Crippen LogP contribution in [0.3, 0.4) is 0 Å². The van der Waals surface area contributed by atoms with Crippen LogP contribution in [0, 0.1) is 0 Å². The summed E-state index contributed by atoms with van der Waals surface area (Å²) in [5.74, 6) is -0.942. The minimum atomic E-state index is -3.64. The minimum absolute atomic E-state index is 0.0174. The Morgan fingerprint density at radius 3 is 1.93 bits per heavy atom. The van der Waals surface area contributed by atoms with E-state index < -0.39 is 22.1 Å². The molecule has 28 heavy (non-hydrogen) atoms. The molecule has 0 fully saturated rings. The van der Waals surface area contributed by atoms with Crippen molar-refractivity contribution in [3.05, 3.63) is 29.8 Å². The van der Waals surface area contributed by atoms with Crippen molar-refractivity contribution < 1.29 is 22.7 Å². The molecule has 0 saturated heterocycles. The standard InChI is InChI=1S/C20H32N2O5S/c1-8-15(6)21-28(25,26)18-11-9-17(10-12-18)20(24)27-16(7)19(23)22(13(2)3)14(4)5/h9-16,21H,8H2,1-7H3/t15-,16+/m0/s1. The molecule has 158 valence electrons. The van der Waals surface area contributed by atoms with Crippen LogP contribution in [0.5, 0.6) is 0 Å². The highest BCUT2D eigenvalue weighted by Gasteiger charge is 2.28. The molecule has 0 heterocycles. The van der Waals surface area contributed by atoms with Crippen LogP contribution in [0.4, 0.5) is 0 Å². The molecule has 0 aliphatic heterocycles. The van der Waals surface area contributed by atoms with Crippen LogP contribution in [-0.4, -0.2) is 49.4 Å². The van der Waals surface area contributed by atoms with Crippen LogP contribution >= 0.6 is 0 Å². The van der Waals surface area contributed by atoms with E-state index in [4.69, 9.17) is 4.74 Å². The highest BCUT2D eigenvalue weighted by atomic mass is 32.2. The number of carbonyl (C=O) groups excluding carboxylic acids is 2. The molecule has 7 nitrogen and oxygen atoms in total. The Bertz CT molecular complexity index is 764. The van der Waals surface area contributed by atoms with E-state index >= 15 is 0 Å². The third-order valence-electron chi connectivity index (χ3n) is 4.37. The molecular formula is C20H32N2O5S. The molecule has 0 aliphatic rings. The maximum atomic E-state index is 12.6. The third kappa shape index (κ3) is 6.31. The van der Waals surface area contributed by atoms with Gasteiger partial charge in [0, 0.05) is 18.1 Å². The molecule has 0 saturated carbocycles. The first-order valence-electron chi connectivity index (χ1n) is 9.56. The van der Waals surface area contributed by atoms with Gasteiger partial charge in [-0.3, -0.25) is 4.79 Å². The number of sulfonamides is 1. The van der Waals surface area contributed by atoms with Crippen molar-refractivity contribution in [2.24, 2.45) is 0 Å². The van der Waals surface area contributed by atoms with E-state index in [0.29, 0.717) is 6.42 Å². The molecule has 1 aromatic carbocycles. The lowest BCUT2D eigenvalue weighted by molar-refractivity contribution is -0.143. The second kappa shape index (κ2) is 10.0. The lowest BCUT2D eigenvalue weighted by Gasteiger charge is -2.32. The van der Waals surface area contributed by atoms with Gasteiger partial charge >= 0.3 is 5.97 Å². The summed E-state index contributed by atoms with van der Waals surface area (Å²) < 4.78 is 32.4. The number of hydrogen-bond donors (Lipinski definition) is 1. The van der Waals surface area contributed by atoms with Crippen LogP contribution in [0.1, 0.15) is 65.2 Å². The molecule has 0 unspecified atom stereocenters. The average molecular weight is 413 g/mol. The van der Waals surface area contributed by atoms with E-state index in [1.54, 1.807) is 11.8 Å². The van der Waals surface area contributed by atoms with Crippen molar-refractivity contribution in [3.8, 4) is 0 Å². The van der Waals surface area contributed by atoms with Crippen molar-refractivity contribution >= 4 is 21.9 Å². The molecule has 0 bridgehead atoms. The fourth-order valence-corrected chi connectivity index (χ4v) is 4.11. The maximum Gasteiger partial charge on any atom is 0.338 e. The zero-order valence-corrected chi connectivity index (χ0v) is 18.5. The Hall–Kier alpha value is -1.93. The number of carbonyl (C=O) groups is 2. The summed E-state index contributed by atoms with van der Waals surface area (Å²) in [5, 5.41) is 0. The molecular weight excluding hydrogens is 380 g/mol. The molecule has 1 amide bonds. The number of esters is 1. The molecule has 1 rings (SSSR count). The highest BCUT2D eigenvalue weighted by molar-refractivity contribution is 7.89. The van der Waals surface area contributed by atoms with Crippen LogP contribution < -0.4 is 4.72 Å². The van der Waals surface area contributed by atoms with E-state index in [1.807, 2.05) is 34.6 Å². The largest absolute Gasteiger partial charge is 0.449 e. The number of nitrogens with one attached hydrogen (secondary N) is 1. The first-order valence-corrected chi connectivity index (χ1v) is 11.0. The van der Waals surface area contributed by atoms with Gasteiger partial charge in [0.1, 0.15) is 0 Å². The smallest absolute Gasteiger partial charge is 0.338 e. The Balaban J connectivity index is 2.87. The van der Waals surface area contributed by atoms with Crippen LogP contribution in [0.25, 0.3) is 0 Å². The summed E-state index contributed by atoms with van der Waals surface area (Å²) >= 11 is 0. The average Bonchev–Trinajstić information content (AvgIpc) is 2.60. The number of hydrogen-bond acceptors (Lipinski definition) is 5. The first kappa shape index (κ1) is 24.1. The Labute approximate surface area is 168 Å². The van der Waals surface area contributed by atoms with Gasteiger partial charge in [0.25, 0.3) is 5.91 Å². The van der Waals surface area contributed by atoms with Gasteiger partial charge in [-0.25, -0.2) is 17.9 Å². The molecule has 1 aromatic rings. The molecule has 2 atom stereocenters. The van der Waals surface area contributed by atoms with Crippen molar-refractivity contribution in [2.75, 3.05) is 0 Å². The Morgan fingerprint density at radius 2 is 1.50 bits per heavy atom. The lowest BCUT2D eigenvalue weighted by atomic mass is 10.2. The fourth-order valence-electron chi connectivity index (χ4n) is 2.78. The predicted molar refractivity (Wildman–Crippen MR) is 109 cm³/mol. The first-order chi connectivity index (χ1) is 12.9. The SMILES string of the molecule is CC[C@H](C)NS(=O)(=O)c1ccc(C(=O)O[C@H](C)C(=O)N(C(C)C)C(C)C)cc1. The van der Waals surface area contributed by atoms with E-state index in [1.165, 1.54) is 31.2 Å². The van der Waals surface area contributed by atoms with Gasteiger partial charge in [0.05, 0.1) is 10.5 Å². The summed E-state index contributed by atoms with van der Waals surface area (Å²) in [7, 11) is -3.64. The lowest BCUT2D eigenvalue weighted by Crippen LogP contribution is -2.47. The zero-order chi connectivity index (χ0) is 21.6. The van der Waals surface area contributed by atoms with E-state index in [0.717, 1.165) is 0 Å². The van der Waals surface area contributed by atoms with E-state index in [2.05, 4.69) is 4.72 Å². The Morgan fingerprint density at radius 1 is 1.00 bits per heavy atom. The Kier molecular flexibility index (Phi) is 8.63. The van der Waals surface area contributed by atoms with Crippen molar-refractivity contribution in [1.82, 2.24) is 9.62 Å². The topological polar surface area (TPSA) is 92.8 Å². The normalized spacial score (nSPS) is 14.0. The van der Waals surface area contributed by atoms with Gasteiger partial charge in [0.2, 0.25) is 10.0 Å². The molecule has 0 aliphatic carbocycles. The number of nitrogens with zero attached hydrogens (tertiary/aromatic N) is 1. The van der Waals surface area contributed by atoms with Crippen molar-refractivity contribution in [2.45, 2.75) is 84.0 Å². The second-order valence-electron chi connectivity index (χ2n) is 7.44. The molecule has 0 radical (unpaired) electrons. The molecule has 0 spiro atoms. The third-order valence-corrected chi connectivity index (χ3v) is 5.97.